The minimum atomic E-state index is 1.08. The average Bonchev–Trinajstić information content (AvgIpc) is 3.55. The largest absolute Gasteiger partial charge is 0.172 e. The third kappa shape index (κ3) is 3.87. The number of hydrogen-bond donors (Lipinski definition) is 0. The number of rotatable bonds is 0. The predicted octanol–water partition coefficient (Wildman–Crippen LogP) is 7.77. The minimum absolute atomic E-state index is 1.08. The molecule has 0 amide bonds. The molecule has 3 aromatic rings. The Kier molecular flexibility index (Phi) is 6.29. The lowest BCUT2D eigenvalue weighted by Gasteiger charge is -2.10. The summed E-state index contributed by atoms with van der Waals surface area (Å²) in [5, 5.41) is 5.25. The van der Waals surface area contributed by atoms with Crippen molar-refractivity contribution in [2.75, 3.05) is 23.0 Å². The molecule has 7 rings (SSSR count). The second kappa shape index (κ2) is 9.13. The molecule has 0 fully saturated rings. The molecule has 11 heteroatoms. The van der Waals surface area contributed by atoms with E-state index in [1.54, 1.807) is 0 Å². The Labute approximate surface area is 230 Å². The fraction of sp³-hybridized carbons (Fsp3) is 0.273. The third-order valence-corrected chi connectivity index (χ3v) is 17.8. The Morgan fingerprint density at radius 3 is 1.27 bits per heavy atom. The third-order valence-electron chi connectivity index (χ3n) is 5.72. The highest BCUT2D eigenvalue weighted by Gasteiger charge is 2.29. The summed E-state index contributed by atoms with van der Waals surface area (Å²) in [6.45, 7) is 4.46. The topological polar surface area (TPSA) is 25.8 Å². The first-order chi connectivity index (χ1) is 16.2. The van der Waals surface area contributed by atoms with Crippen LogP contribution in [0.5, 0.6) is 0 Å². The van der Waals surface area contributed by atoms with E-state index in [9.17, 15) is 0 Å². The number of nitrogens with zero attached hydrogens (tertiary/aromatic N) is 2. The van der Waals surface area contributed by atoms with Crippen LogP contribution in [0.4, 0.5) is 0 Å². The van der Waals surface area contributed by atoms with E-state index in [-0.39, 0.29) is 0 Å². The molecule has 1 aromatic heterocycles. The fourth-order valence-corrected chi connectivity index (χ4v) is 16.7. The maximum absolute atomic E-state index is 4.90. The molecule has 0 spiro atoms. The van der Waals surface area contributed by atoms with E-state index in [2.05, 4.69) is 26.0 Å². The zero-order chi connectivity index (χ0) is 22.1. The molecule has 168 valence electrons. The van der Waals surface area contributed by atoms with E-state index in [4.69, 9.17) is 8.75 Å². The quantitative estimate of drug-likeness (QED) is 0.256. The highest BCUT2D eigenvalue weighted by atomic mass is 32.3. The monoisotopic (exact) mass is 596 g/mol. The molecule has 0 saturated carbocycles. The summed E-state index contributed by atoms with van der Waals surface area (Å²) in [7, 11) is 0. The molecule has 0 unspecified atom stereocenters. The van der Waals surface area contributed by atoms with Gasteiger partial charge in [0.1, 0.15) is 11.0 Å². The van der Waals surface area contributed by atoms with Crippen LogP contribution in [-0.4, -0.2) is 31.8 Å². The van der Waals surface area contributed by atoms with E-state index < -0.39 is 0 Å². The number of thioether (sulfide) groups is 8. The zero-order valence-electron chi connectivity index (χ0n) is 17.6. The standard InChI is InChI=1S/C22H16N2S9/c1-9-7-11-12(8-10(9)2)14(18-31-21-22(32-18)28-6-5-27-21)16-15(23-33-24-16)13(11)17-29-19-20(30-17)26-4-3-25-19/h7-8H,3-6H2,1-2H3. The molecule has 5 heterocycles. The van der Waals surface area contributed by atoms with Crippen molar-refractivity contribution in [1.82, 2.24) is 8.75 Å². The molecule has 2 aromatic carbocycles. The number of aryl methyl sites for hydroxylation is 2. The summed E-state index contributed by atoms with van der Waals surface area (Å²) < 4.78 is 18.5. The van der Waals surface area contributed by atoms with Gasteiger partial charge in [-0.2, -0.15) is 8.75 Å². The number of aromatic nitrogens is 2. The molecule has 0 saturated heterocycles. The van der Waals surface area contributed by atoms with Crippen molar-refractivity contribution in [3.63, 3.8) is 0 Å². The summed E-state index contributed by atoms with van der Waals surface area (Å²) in [5.74, 6) is 4.82. The molecular formula is C22H16N2S9. The summed E-state index contributed by atoms with van der Waals surface area (Å²) in [6, 6.07) is 4.80. The summed E-state index contributed by atoms with van der Waals surface area (Å²) in [6.07, 6.45) is 0. The lowest BCUT2D eigenvalue weighted by molar-refractivity contribution is 1.36. The van der Waals surface area contributed by atoms with Crippen molar-refractivity contribution in [2.24, 2.45) is 0 Å². The molecule has 0 bridgehead atoms. The Morgan fingerprint density at radius 1 is 0.545 bits per heavy atom. The Morgan fingerprint density at radius 2 is 0.909 bits per heavy atom. The van der Waals surface area contributed by atoms with E-state index >= 15 is 0 Å². The van der Waals surface area contributed by atoms with E-state index in [0.29, 0.717) is 0 Å². The van der Waals surface area contributed by atoms with Gasteiger partial charge in [0.05, 0.1) is 37.2 Å². The smallest absolute Gasteiger partial charge is 0.115 e. The van der Waals surface area contributed by atoms with E-state index in [1.807, 2.05) is 94.1 Å². The first-order valence-electron chi connectivity index (χ1n) is 10.3. The van der Waals surface area contributed by atoms with Crippen LogP contribution in [0, 0.1) is 13.8 Å². The summed E-state index contributed by atoms with van der Waals surface area (Å²) in [4.78, 5) is 0. The number of benzene rings is 2. The molecule has 4 aliphatic rings. The molecular weight excluding hydrogens is 581 g/mol. The van der Waals surface area contributed by atoms with Gasteiger partial charge in [0.2, 0.25) is 0 Å². The summed E-state index contributed by atoms with van der Waals surface area (Å²) >= 11 is 17.2. The van der Waals surface area contributed by atoms with E-state index in [1.165, 1.54) is 92.5 Å². The second-order valence-corrected chi connectivity index (χ2v) is 18.3. The average molecular weight is 597 g/mol. The van der Waals surface area contributed by atoms with Gasteiger partial charge >= 0.3 is 0 Å². The first-order valence-corrected chi connectivity index (χ1v) is 18.3. The van der Waals surface area contributed by atoms with Gasteiger partial charge in [0.15, 0.2) is 0 Å². The van der Waals surface area contributed by atoms with Gasteiger partial charge in [-0.25, -0.2) is 0 Å². The van der Waals surface area contributed by atoms with Gasteiger partial charge in [-0.3, -0.25) is 0 Å². The van der Waals surface area contributed by atoms with Crippen molar-refractivity contribution in [1.29, 1.82) is 0 Å². The zero-order valence-corrected chi connectivity index (χ0v) is 24.9. The Balaban J connectivity index is 1.57. The highest BCUT2D eigenvalue weighted by Crippen LogP contribution is 2.61. The lowest BCUT2D eigenvalue weighted by Crippen LogP contribution is -2.17. The van der Waals surface area contributed by atoms with Crippen LogP contribution in [0.3, 0.4) is 0 Å². The van der Waals surface area contributed by atoms with Crippen molar-refractivity contribution in [3.8, 4) is 0 Å². The predicted molar refractivity (Wildman–Crippen MR) is 165 cm³/mol. The van der Waals surface area contributed by atoms with Gasteiger partial charge in [-0.05, 0) is 35.7 Å². The van der Waals surface area contributed by atoms with Gasteiger partial charge in [-0.15, -0.1) is 47.0 Å². The minimum Gasteiger partial charge on any atom is -0.172 e. The normalized spacial score (nSPS) is 21.0. The van der Waals surface area contributed by atoms with Crippen LogP contribution in [-0.2, 0) is 0 Å². The molecule has 0 aliphatic carbocycles. The van der Waals surface area contributed by atoms with Crippen molar-refractivity contribution >= 4 is 136 Å². The first kappa shape index (κ1) is 22.7. The number of hydrogen-bond acceptors (Lipinski definition) is 11. The maximum atomic E-state index is 4.90. The molecule has 0 atom stereocenters. The lowest BCUT2D eigenvalue weighted by atomic mass is 9.99. The molecule has 4 aliphatic heterocycles. The molecule has 33 heavy (non-hydrogen) atoms. The van der Waals surface area contributed by atoms with Crippen LogP contribution < -0.4 is 10.4 Å². The van der Waals surface area contributed by atoms with Crippen LogP contribution in [0.1, 0.15) is 11.1 Å². The van der Waals surface area contributed by atoms with Gasteiger partial charge in [0, 0.05) is 33.4 Å². The maximum Gasteiger partial charge on any atom is 0.115 e. The Bertz CT molecular complexity index is 1400. The second-order valence-electron chi connectivity index (χ2n) is 7.72. The molecule has 0 N–H and O–H groups in total. The van der Waals surface area contributed by atoms with Crippen LogP contribution in [0.2, 0.25) is 0 Å². The highest BCUT2D eigenvalue weighted by molar-refractivity contribution is 8.47. The van der Waals surface area contributed by atoms with Crippen LogP contribution >= 0.6 is 106 Å². The van der Waals surface area contributed by atoms with E-state index in [0.717, 1.165) is 11.0 Å². The van der Waals surface area contributed by atoms with Crippen LogP contribution in [0.25, 0.3) is 30.3 Å². The Hall–Kier alpha value is 0.540. The van der Waals surface area contributed by atoms with Crippen LogP contribution in [0.15, 0.2) is 29.1 Å². The molecule has 0 radical (unpaired) electrons. The van der Waals surface area contributed by atoms with Crippen molar-refractivity contribution in [3.05, 3.63) is 50.6 Å². The van der Waals surface area contributed by atoms with Gasteiger partial charge in [-0.1, -0.05) is 59.2 Å². The van der Waals surface area contributed by atoms with Crippen molar-refractivity contribution in [2.45, 2.75) is 13.8 Å². The number of fused-ring (bicyclic) bond motifs is 2. The van der Waals surface area contributed by atoms with Crippen molar-refractivity contribution < 1.29 is 0 Å². The van der Waals surface area contributed by atoms with Gasteiger partial charge in [0.25, 0.3) is 0 Å². The fourth-order valence-electron chi connectivity index (χ4n) is 4.06. The summed E-state index contributed by atoms with van der Waals surface area (Å²) in [5.41, 5.74) is 4.84. The van der Waals surface area contributed by atoms with Gasteiger partial charge < -0.3 is 0 Å². The SMILES string of the molecule is Cc1cc2c(=C3SC4=C(SCCS4)S3)c3nsnc3c(=C3SC4=C(SCCS4)S3)c2cc1C. The molecule has 2 nitrogen and oxygen atoms in total.